The molecule has 26 heavy (non-hydrogen) atoms. The second-order valence-electron chi connectivity index (χ2n) is 8.69. The predicted molar refractivity (Wildman–Crippen MR) is 90.9 cm³/mol. The Morgan fingerprint density at radius 2 is 1.81 bits per heavy atom. The van der Waals surface area contributed by atoms with E-state index in [-0.39, 0.29) is 52.5 Å². The fraction of sp³-hybridized carbons (Fsp3) is 0.789. The highest BCUT2D eigenvalue weighted by atomic mass is 16.6. The topological polar surface area (TPSA) is 147 Å². The van der Waals surface area contributed by atoms with Gasteiger partial charge in [0.25, 0.3) is 0 Å². The normalized spacial score (nSPS) is 51.1. The Morgan fingerprint density at radius 3 is 2.50 bits per heavy atom. The maximum Gasteiger partial charge on any atom is 0.313 e. The number of Topliss-reactive ketones (excluding diaryl/α,β-unsaturated/α-hetero) is 1. The van der Waals surface area contributed by atoms with Crippen LogP contribution in [0.1, 0.15) is 39.5 Å². The van der Waals surface area contributed by atoms with Gasteiger partial charge in [-0.2, -0.15) is 0 Å². The predicted octanol–water partition coefficient (Wildman–Crippen LogP) is -0.428. The average molecular weight is 368 g/mol. The number of rotatable bonds is 0. The highest BCUT2D eigenvalue weighted by Crippen LogP contribution is 2.67. The van der Waals surface area contributed by atoms with Crippen LogP contribution in [0.2, 0.25) is 0 Å². The van der Waals surface area contributed by atoms with E-state index in [2.05, 4.69) is 0 Å². The quantitative estimate of drug-likeness (QED) is 0.557. The first-order chi connectivity index (χ1) is 11.4. The van der Waals surface area contributed by atoms with Gasteiger partial charge in [-0.05, 0) is 43.1 Å². The molecule has 0 amide bonds. The first-order valence-electron chi connectivity index (χ1n) is 9.23. The molecule has 1 spiro atoms. The Kier molecular flexibility index (Phi) is 4.39. The zero-order chi connectivity index (χ0) is 17.0. The largest absolute Gasteiger partial charge is 0.458 e. The van der Waals surface area contributed by atoms with E-state index in [4.69, 9.17) is 4.74 Å². The number of allylic oxidation sites excluding steroid dienone is 2. The van der Waals surface area contributed by atoms with Gasteiger partial charge in [0.15, 0.2) is 5.78 Å². The van der Waals surface area contributed by atoms with E-state index in [0.29, 0.717) is 19.3 Å². The molecule has 9 atom stereocenters. The molecule has 7 nitrogen and oxygen atoms in total. The van der Waals surface area contributed by atoms with Crippen molar-refractivity contribution in [2.24, 2.45) is 35.0 Å². The summed E-state index contributed by atoms with van der Waals surface area (Å²) >= 11 is 0. The van der Waals surface area contributed by atoms with Crippen molar-refractivity contribution in [3.8, 4) is 0 Å². The minimum absolute atomic E-state index is 0. The average Bonchev–Trinajstić information content (AvgIpc) is 2.76. The van der Waals surface area contributed by atoms with Crippen molar-refractivity contribution < 1.29 is 35.5 Å². The Hall–Kier alpha value is -1.28. The Balaban J connectivity index is 0.000000980. The zero-order valence-corrected chi connectivity index (χ0v) is 15.1. The van der Waals surface area contributed by atoms with E-state index < -0.39 is 23.5 Å². The highest BCUT2D eigenvalue weighted by Gasteiger charge is 2.73. The summed E-state index contributed by atoms with van der Waals surface area (Å²) in [7, 11) is 0. The summed E-state index contributed by atoms with van der Waals surface area (Å²) in [5, 5.41) is 21.0. The lowest BCUT2D eigenvalue weighted by Gasteiger charge is -2.60. The summed E-state index contributed by atoms with van der Waals surface area (Å²) < 4.78 is 5.58. The van der Waals surface area contributed by atoms with Crippen molar-refractivity contribution >= 4 is 11.8 Å². The van der Waals surface area contributed by atoms with Gasteiger partial charge in [-0.1, -0.05) is 19.4 Å². The molecule has 6 aliphatic rings. The molecule has 2 saturated carbocycles. The number of aliphatic hydroxyl groups is 2. The van der Waals surface area contributed by atoms with Crippen LogP contribution in [0, 0.1) is 35.0 Å². The number of hydrogen-bond acceptors (Lipinski definition) is 5. The first-order valence-corrected chi connectivity index (χ1v) is 9.23. The van der Waals surface area contributed by atoms with Crippen molar-refractivity contribution in [1.29, 1.82) is 0 Å². The molecule has 2 heterocycles. The molecule has 0 aromatic heterocycles. The van der Waals surface area contributed by atoms with Gasteiger partial charge >= 0.3 is 5.97 Å². The molecule has 6 rings (SSSR count). The van der Waals surface area contributed by atoms with Crippen LogP contribution in [-0.4, -0.2) is 51.2 Å². The van der Waals surface area contributed by atoms with Gasteiger partial charge in [0.05, 0.1) is 23.5 Å². The monoisotopic (exact) mass is 368 g/mol. The van der Waals surface area contributed by atoms with Crippen molar-refractivity contribution in [3.05, 3.63) is 11.1 Å². The molecule has 7 heteroatoms. The second kappa shape index (κ2) is 5.86. The third-order valence-electron chi connectivity index (χ3n) is 7.79. The van der Waals surface area contributed by atoms with Crippen LogP contribution in [0.25, 0.3) is 0 Å². The number of esters is 1. The molecule has 6 N–H and O–H groups in total. The molecule has 0 aromatic carbocycles. The van der Waals surface area contributed by atoms with E-state index in [1.165, 1.54) is 0 Å². The molecular formula is C19H28O7. The number of ketones is 1. The van der Waals surface area contributed by atoms with E-state index in [0.717, 1.165) is 17.6 Å². The number of aliphatic hydroxyl groups excluding tert-OH is 2. The van der Waals surface area contributed by atoms with Gasteiger partial charge in [0.1, 0.15) is 6.10 Å². The van der Waals surface area contributed by atoms with Gasteiger partial charge in [0.2, 0.25) is 0 Å². The zero-order valence-electron chi connectivity index (χ0n) is 15.1. The van der Waals surface area contributed by atoms with Crippen molar-refractivity contribution in [1.82, 2.24) is 0 Å². The van der Waals surface area contributed by atoms with Crippen LogP contribution in [0.15, 0.2) is 11.1 Å². The van der Waals surface area contributed by atoms with Gasteiger partial charge in [-0.25, -0.2) is 0 Å². The summed E-state index contributed by atoms with van der Waals surface area (Å²) in [5.41, 5.74) is 1.23. The number of fused-ring (bicyclic) bond motifs is 2. The Labute approximate surface area is 152 Å². The smallest absolute Gasteiger partial charge is 0.313 e. The van der Waals surface area contributed by atoms with Gasteiger partial charge < -0.3 is 25.9 Å². The molecule has 4 aliphatic carbocycles. The van der Waals surface area contributed by atoms with E-state index >= 15 is 0 Å². The number of carbonyl (C=O) groups is 2. The van der Waals surface area contributed by atoms with Gasteiger partial charge in [-0.15, -0.1) is 0 Å². The van der Waals surface area contributed by atoms with Crippen LogP contribution >= 0.6 is 0 Å². The van der Waals surface area contributed by atoms with Crippen molar-refractivity contribution in [3.63, 3.8) is 0 Å². The lowest BCUT2D eigenvalue weighted by atomic mass is 9.47. The molecule has 4 fully saturated rings. The lowest BCUT2D eigenvalue weighted by Crippen LogP contribution is -2.69. The Bertz CT molecular complexity index is 685. The first kappa shape index (κ1) is 19.5. The van der Waals surface area contributed by atoms with E-state index in [9.17, 15) is 19.8 Å². The molecule has 0 aromatic rings. The molecule has 146 valence electrons. The summed E-state index contributed by atoms with van der Waals surface area (Å²) in [6.07, 6.45) is 0.886. The standard InChI is InChI=1S/C19H24O5.2H2O/c1-7-5-10(20)6-9-3-4-19-8(2)15(21)17(24-18(19)23)13-14(19)12(9)11(7)16(13)22;;/h7-10,13-15,17,20-21H,3-6H2,1-2H3;2*1H2/t7-,8+,9+,10-,13+,14+,15+,17+,19+;;/m0../s1. The number of hydrogen-bond donors (Lipinski definition) is 2. The molecular weight excluding hydrogens is 340 g/mol. The fourth-order valence-electron chi connectivity index (χ4n) is 6.80. The molecule has 2 aliphatic heterocycles. The van der Waals surface area contributed by atoms with Crippen LogP contribution < -0.4 is 0 Å². The molecule has 0 unspecified atom stereocenters. The second-order valence-corrected chi connectivity index (χ2v) is 8.69. The van der Waals surface area contributed by atoms with Crippen molar-refractivity contribution in [2.45, 2.75) is 57.8 Å². The summed E-state index contributed by atoms with van der Waals surface area (Å²) in [6.45, 7) is 3.95. The minimum Gasteiger partial charge on any atom is -0.458 e. The third-order valence-corrected chi connectivity index (χ3v) is 7.79. The van der Waals surface area contributed by atoms with Crippen LogP contribution in [-0.2, 0) is 14.3 Å². The van der Waals surface area contributed by atoms with E-state index in [1.807, 2.05) is 13.8 Å². The Morgan fingerprint density at radius 1 is 1.12 bits per heavy atom. The summed E-state index contributed by atoms with van der Waals surface area (Å²) in [4.78, 5) is 26.1. The van der Waals surface area contributed by atoms with Crippen LogP contribution in [0.5, 0.6) is 0 Å². The molecule has 2 saturated heterocycles. The molecule has 0 radical (unpaired) electrons. The number of carbonyl (C=O) groups excluding carboxylic acids is 2. The summed E-state index contributed by atoms with van der Waals surface area (Å²) in [5.74, 6) is -0.652. The SMILES string of the molecule is C[C@@H]1[C@@H](O)[C@@H]2OC(=O)[C@]13CC[C@@H]1C[C@@H](O)C[C@H](C)C4=C1[C@@H]3[C@@H]2C4=O.O.O. The number of ether oxygens (including phenoxy) is 1. The molecule has 2 bridgehead atoms. The fourth-order valence-corrected chi connectivity index (χ4v) is 6.80. The van der Waals surface area contributed by atoms with Gasteiger partial charge in [0, 0.05) is 11.8 Å². The summed E-state index contributed by atoms with van der Waals surface area (Å²) in [6, 6.07) is 0. The van der Waals surface area contributed by atoms with Crippen LogP contribution in [0.4, 0.5) is 0 Å². The highest BCUT2D eigenvalue weighted by molar-refractivity contribution is 6.04. The van der Waals surface area contributed by atoms with Gasteiger partial charge in [-0.3, -0.25) is 9.59 Å². The maximum atomic E-state index is 13.3. The third kappa shape index (κ3) is 1.92. The van der Waals surface area contributed by atoms with E-state index in [1.54, 1.807) is 0 Å². The van der Waals surface area contributed by atoms with Crippen LogP contribution in [0.3, 0.4) is 0 Å². The van der Waals surface area contributed by atoms with Crippen molar-refractivity contribution in [2.75, 3.05) is 0 Å². The maximum absolute atomic E-state index is 13.3. The lowest BCUT2D eigenvalue weighted by molar-refractivity contribution is -0.243. The minimum atomic E-state index is -0.756.